The highest BCUT2D eigenvalue weighted by molar-refractivity contribution is 5.65. The molecule has 9 nitrogen and oxygen atoms in total. The van der Waals surface area contributed by atoms with Crippen LogP contribution >= 0.6 is 0 Å². The molecule has 0 spiro atoms. The summed E-state index contributed by atoms with van der Waals surface area (Å²) in [6.07, 6.45) is 3.36. The smallest absolute Gasteiger partial charge is 0.268 e. The molecule has 1 aromatic carbocycles. The van der Waals surface area contributed by atoms with E-state index in [0.717, 1.165) is 29.9 Å². The van der Waals surface area contributed by atoms with E-state index in [0.29, 0.717) is 34.6 Å². The quantitative estimate of drug-likeness (QED) is 0.466. The van der Waals surface area contributed by atoms with Gasteiger partial charge in [0.15, 0.2) is 0 Å². The lowest BCUT2D eigenvalue weighted by Gasteiger charge is -2.38. The molecule has 0 amide bonds. The van der Waals surface area contributed by atoms with Gasteiger partial charge < -0.3 is 15.1 Å². The molecule has 1 saturated heterocycles. The maximum absolute atomic E-state index is 9.45. The summed E-state index contributed by atoms with van der Waals surface area (Å²) >= 11 is 0. The van der Waals surface area contributed by atoms with Gasteiger partial charge in [-0.1, -0.05) is 0 Å². The second-order valence-electron chi connectivity index (χ2n) is 8.98. The minimum absolute atomic E-state index is 0. The van der Waals surface area contributed by atoms with Crippen LogP contribution < -0.4 is 10.6 Å². The van der Waals surface area contributed by atoms with Crippen LogP contribution in [0.2, 0.25) is 0 Å². The lowest BCUT2D eigenvalue weighted by molar-refractivity contribution is 0.519. The number of hydrogen-bond donors (Lipinski definition) is 1. The van der Waals surface area contributed by atoms with Gasteiger partial charge in [-0.25, -0.2) is 4.98 Å². The molecular formula is C25H30N8O. The fraction of sp³-hybridized carbons (Fsp3) is 0.280. The van der Waals surface area contributed by atoms with Gasteiger partial charge in [0.05, 0.1) is 34.8 Å². The zero-order chi connectivity index (χ0) is 23.9. The molecule has 0 unspecified atom stereocenters. The van der Waals surface area contributed by atoms with Gasteiger partial charge in [0, 0.05) is 46.4 Å². The molecular weight excluding hydrogens is 428 g/mol. The highest BCUT2D eigenvalue weighted by Crippen LogP contribution is 2.29. The Morgan fingerprint density at radius 3 is 2.53 bits per heavy atom. The van der Waals surface area contributed by atoms with Gasteiger partial charge >= 0.3 is 0 Å². The molecule has 1 aliphatic rings. The molecule has 0 radical (unpaired) electrons. The predicted octanol–water partition coefficient (Wildman–Crippen LogP) is 4.25. The average Bonchev–Trinajstić information content (AvgIpc) is 3.33. The summed E-state index contributed by atoms with van der Waals surface area (Å²) in [6.45, 7) is 7.24. The Hall–Kier alpha value is -4.16. The standard InChI is InChI=1S/C25H24N8O.3H2/c1-15-22(30-20(11-29-15)17-8-9-28-21(10-17)25(2,3)14-26)24-32-31-23(34-24)16-4-6-19(7-5-16)33-12-18(27)13-33;;;/h4-11,18H,12-13,27H2,1-3H3;3*1H. The summed E-state index contributed by atoms with van der Waals surface area (Å²) in [4.78, 5) is 15.8. The van der Waals surface area contributed by atoms with Crippen molar-refractivity contribution < 1.29 is 8.70 Å². The van der Waals surface area contributed by atoms with Gasteiger partial charge in [-0.05, 0) is 57.2 Å². The average molecular weight is 459 g/mol. The third kappa shape index (κ3) is 4.00. The molecule has 9 heteroatoms. The van der Waals surface area contributed by atoms with Crippen LogP contribution in [0.1, 0.15) is 29.5 Å². The van der Waals surface area contributed by atoms with E-state index in [1.165, 1.54) is 0 Å². The number of anilines is 1. The van der Waals surface area contributed by atoms with Crippen LogP contribution in [-0.4, -0.2) is 44.3 Å². The van der Waals surface area contributed by atoms with Gasteiger partial charge in [-0.3, -0.25) is 9.97 Å². The largest absolute Gasteiger partial charge is 0.415 e. The molecule has 4 aromatic rings. The highest BCUT2D eigenvalue weighted by atomic mass is 16.4. The second-order valence-corrected chi connectivity index (χ2v) is 8.98. The van der Waals surface area contributed by atoms with E-state index in [4.69, 9.17) is 15.1 Å². The molecule has 34 heavy (non-hydrogen) atoms. The van der Waals surface area contributed by atoms with E-state index >= 15 is 0 Å². The van der Waals surface area contributed by atoms with Crippen molar-refractivity contribution >= 4 is 5.69 Å². The fourth-order valence-corrected chi connectivity index (χ4v) is 3.75. The van der Waals surface area contributed by atoms with E-state index in [1.807, 2.05) is 57.2 Å². The SMILES string of the molecule is Cc1ncc(-c2ccnc(C(C)(C)C#N)c2)nc1-c1nnc(-c2ccc(N3CC(N)C3)cc2)o1.[HH].[HH].[HH]. The van der Waals surface area contributed by atoms with Crippen LogP contribution in [0.4, 0.5) is 5.69 Å². The Kier molecular flexibility index (Phi) is 5.30. The van der Waals surface area contributed by atoms with Crippen molar-refractivity contribution in [3.8, 4) is 40.4 Å². The molecule has 5 rings (SSSR count). The van der Waals surface area contributed by atoms with Crippen molar-refractivity contribution in [2.75, 3.05) is 18.0 Å². The Labute approximate surface area is 201 Å². The molecule has 0 aliphatic carbocycles. The minimum Gasteiger partial charge on any atom is -0.415 e. The summed E-state index contributed by atoms with van der Waals surface area (Å²) in [5, 5.41) is 17.9. The number of pyridine rings is 1. The normalized spacial score (nSPS) is 14.0. The summed E-state index contributed by atoms with van der Waals surface area (Å²) < 4.78 is 5.97. The molecule has 176 valence electrons. The molecule has 1 fully saturated rings. The van der Waals surface area contributed by atoms with Crippen LogP contribution in [0.25, 0.3) is 34.3 Å². The van der Waals surface area contributed by atoms with Crippen molar-refractivity contribution in [1.29, 1.82) is 5.26 Å². The number of nitrogens with zero attached hydrogens (tertiary/aromatic N) is 7. The number of nitriles is 1. The van der Waals surface area contributed by atoms with Crippen molar-refractivity contribution in [2.45, 2.75) is 32.2 Å². The second kappa shape index (κ2) is 8.32. The maximum Gasteiger partial charge on any atom is 0.268 e. The van der Waals surface area contributed by atoms with E-state index in [1.54, 1.807) is 12.4 Å². The van der Waals surface area contributed by atoms with Crippen molar-refractivity contribution in [3.63, 3.8) is 0 Å². The molecule has 3 aromatic heterocycles. The van der Waals surface area contributed by atoms with Crippen LogP contribution in [0.5, 0.6) is 0 Å². The monoisotopic (exact) mass is 458 g/mol. The summed E-state index contributed by atoms with van der Waals surface area (Å²) in [5.74, 6) is 0.710. The summed E-state index contributed by atoms with van der Waals surface area (Å²) in [5.41, 5.74) is 10.4. The van der Waals surface area contributed by atoms with Crippen LogP contribution in [-0.2, 0) is 5.41 Å². The Morgan fingerprint density at radius 2 is 1.82 bits per heavy atom. The Morgan fingerprint density at radius 1 is 1.09 bits per heavy atom. The predicted molar refractivity (Wildman–Crippen MR) is 134 cm³/mol. The minimum atomic E-state index is -0.713. The van der Waals surface area contributed by atoms with Gasteiger partial charge in [0.2, 0.25) is 5.89 Å². The fourth-order valence-electron chi connectivity index (χ4n) is 3.75. The third-order valence-corrected chi connectivity index (χ3v) is 5.95. The van der Waals surface area contributed by atoms with Crippen LogP contribution in [0, 0.1) is 18.3 Å². The number of benzene rings is 1. The summed E-state index contributed by atoms with van der Waals surface area (Å²) in [6, 6.07) is 14.2. The molecule has 2 N–H and O–H groups in total. The number of rotatable bonds is 5. The number of aryl methyl sites for hydroxylation is 1. The van der Waals surface area contributed by atoms with E-state index in [2.05, 4.69) is 31.1 Å². The first kappa shape index (κ1) is 21.7. The molecule has 0 atom stereocenters. The van der Waals surface area contributed by atoms with Gasteiger partial charge in [0.25, 0.3) is 5.89 Å². The Bertz CT molecular complexity index is 1400. The third-order valence-electron chi connectivity index (χ3n) is 5.95. The van der Waals surface area contributed by atoms with Crippen LogP contribution in [0.3, 0.4) is 0 Å². The molecule has 1 aliphatic heterocycles. The topological polar surface area (TPSA) is 131 Å². The Balaban J connectivity index is 0.00000160. The first-order valence-electron chi connectivity index (χ1n) is 11.0. The van der Waals surface area contributed by atoms with Gasteiger partial charge in [-0.15, -0.1) is 10.2 Å². The van der Waals surface area contributed by atoms with E-state index in [-0.39, 0.29) is 10.3 Å². The zero-order valence-corrected chi connectivity index (χ0v) is 19.2. The first-order valence-corrected chi connectivity index (χ1v) is 11.0. The van der Waals surface area contributed by atoms with Crippen molar-refractivity contribution in [2.24, 2.45) is 5.73 Å². The number of aromatic nitrogens is 5. The summed E-state index contributed by atoms with van der Waals surface area (Å²) in [7, 11) is 0. The van der Waals surface area contributed by atoms with Gasteiger partial charge in [-0.2, -0.15) is 5.26 Å². The molecule has 4 heterocycles. The molecule has 0 bridgehead atoms. The van der Waals surface area contributed by atoms with Crippen molar-refractivity contribution in [3.05, 3.63) is 60.2 Å². The van der Waals surface area contributed by atoms with Crippen LogP contribution in [0.15, 0.2) is 53.2 Å². The van der Waals surface area contributed by atoms with Gasteiger partial charge in [0.1, 0.15) is 5.69 Å². The zero-order valence-electron chi connectivity index (χ0n) is 19.2. The lowest BCUT2D eigenvalue weighted by atomic mass is 9.90. The first-order chi connectivity index (χ1) is 16.3. The van der Waals surface area contributed by atoms with E-state index in [9.17, 15) is 5.26 Å². The lowest BCUT2D eigenvalue weighted by Crippen LogP contribution is -2.55. The van der Waals surface area contributed by atoms with E-state index < -0.39 is 5.41 Å². The molecule has 0 saturated carbocycles. The number of hydrogen-bond acceptors (Lipinski definition) is 9. The van der Waals surface area contributed by atoms with Crippen molar-refractivity contribution in [1.82, 2.24) is 25.1 Å². The number of nitrogens with two attached hydrogens (primary N) is 1. The highest BCUT2D eigenvalue weighted by Gasteiger charge is 2.24. The maximum atomic E-state index is 9.45.